The van der Waals surface area contributed by atoms with Crippen LogP contribution >= 0.6 is 11.8 Å². The number of ether oxygens (including phenoxy) is 4. The van der Waals surface area contributed by atoms with Gasteiger partial charge in [-0.15, -0.1) is 0 Å². The molecule has 8 nitrogen and oxygen atoms in total. The van der Waals surface area contributed by atoms with Gasteiger partial charge in [0.05, 0.1) is 37.5 Å². The molecule has 1 fully saturated rings. The number of nitrogens with zero attached hydrogens (tertiary/aromatic N) is 2. The average Bonchev–Trinajstić information content (AvgIpc) is 3.11. The van der Waals surface area contributed by atoms with Gasteiger partial charge >= 0.3 is 5.97 Å². The SMILES string of the molecule is CCOC(=O)COc1ccccc1/C=C1\SC(=Nc2ccc(OC)cc2)N(CCOC)C1=O. The maximum Gasteiger partial charge on any atom is 0.344 e. The summed E-state index contributed by atoms with van der Waals surface area (Å²) < 4.78 is 20.9. The summed E-state index contributed by atoms with van der Waals surface area (Å²) in [6, 6.07) is 14.5. The van der Waals surface area contributed by atoms with Gasteiger partial charge in [0.25, 0.3) is 5.91 Å². The minimum Gasteiger partial charge on any atom is -0.497 e. The highest BCUT2D eigenvalue weighted by Crippen LogP contribution is 2.35. The molecule has 0 radical (unpaired) electrons. The van der Waals surface area contributed by atoms with Crippen molar-refractivity contribution in [3.05, 3.63) is 59.0 Å². The van der Waals surface area contributed by atoms with E-state index in [0.29, 0.717) is 40.2 Å². The van der Waals surface area contributed by atoms with Gasteiger partial charge in [-0.05, 0) is 55.1 Å². The topological polar surface area (TPSA) is 86.7 Å². The van der Waals surface area contributed by atoms with Crippen LogP contribution in [0.15, 0.2) is 58.4 Å². The molecule has 1 amide bonds. The summed E-state index contributed by atoms with van der Waals surface area (Å²) in [6.07, 6.45) is 1.74. The van der Waals surface area contributed by atoms with Crippen LogP contribution in [-0.2, 0) is 19.1 Å². The summed E-state index contributed by atoms with van der Waals surface area (Å²) >= 11 is 1.27. The number of esters is 1. The van der Waals surface area contributed by atoms with Crippen LogP contribution < -0.4 is 9.47 Å². The maximum atomic E-state index is 13.1. The van der Waals surface area contributed by atoms with Gasteiger partial charge in [-0.25, -0.2) is 9.79 Å². The smallest absolute Gasteiger partial charge is 0.344 e. The molecule has 0 N–H and O–H groups in total. The normalized spacial score (nSPS) is 15.8. The van der Waals surface area contributed by atoms with Gasteiger partial charge in [0.2, 0.25) is 0 Å². The standard InChI is InChI=1S/C24H26N2O6S/c1-4-31-22(27)16-32-20-8-6-5-7-17(20)15-21-23(28)26(13-14-29-2)24(33-21)25-18-9-11-19(30-3)12-10-18/h5-12,15H,4,13-14,16H2,1-3H3/b21-15-,25-24?. The minimum atomic E-state index is -0.453. The zero-order chi connectivity index (χ0) is 23.6. The van der Waals surface area contributed by atoms with Gasteiger partial charge < -0.3 is 18.9 Å². The Bertz CT molecular complexity index is 1040. The van der Waals surface area contributed by atoms with Gasteiger partial charge in [0.1, 0.15) is 11.5 Å². The number of hydrogen-bond acceptors (Lipinski definition) is 8. The lowest BCUT2D eigenvalue weighted by atomic mass is 10.2. The zero-order valence-electron chi connectivity index (χ0n) is 18.8. The van der Waals surface area contributed by atoms with Crippen molar-refractivity contribution in [3.8, 4) is 11.5 Å². The number of carbonyl (C=O) groups is 2. The number of thioether (sulfide) groups is 1. The fraction of sp³-hybridized carbons (Fsp3) is 0.292. The van der Waals surface area contributed by atoms with Crippen molar-refractivity contribution in [2.24, 2.45) is 4.99 Å². The molecule has 3 rings (SSSR count). The Hall–Kier alpha value is -3.30. The van der Waals surface area contributed by atoms with Crippen molar-refractivity contribution >= 4 is 40.6 Å². The van der Waals surface area contributed by atoms with Crippen molar-refractivity contribution in [2.45, 2.75) is 6.92 Å². The molecule has 2 aromatic rings. The molecule has 174 valence electrons. The first-order chi connectivity index (χ1) is 16.0. The van der Waals surface area contributed by atoms with Crippen LogP contribution in [0.3, 0.4) is 0 Å². The van der Waals surface area contributed by atoms with E-state index in [1.54, 1.807) is 44.3 Å². The summed E-state index contributed by atoms with van der Waals surface area (Å²) in [5.74, 6) is 0.580. The largest absolute Gasteiger partial charge is 0.497 e. The Morgan fingerprint density at radius 2 is 1.88 bits per heavy atom. The molecule has 1 aliphatic heterocycles. The number of hydrogen-bond donors (Lipinski definition) is 0. The molecule has 0 spiro atoms. The average molecular weight is 471 g/mol. The molecule has 1 heterocycles. The molecule has 9 heteroatoms. The first-order valence-corrected chi connectivity index (χ1v) is 11.2. The summed E-state index contributed by atoms with van der Waals surface area (Å²) in [5.41, 5.74) is 1.38. The van der Waals surface area contributed by atoms with Gasteiger partial charge in [-0.1, -0.05) is 18.2 Å². The molecule has 1 saturated heterocycles. The highest BCUT2D eigenvalue weighted by Gasteiger charge is 2.33. The second-order valence-electron chi connectivity index (χ2n) is 6.78. The van der Waals surface area contributed by atoms with E-state index >= 15 is 0 Å². The second kappa shape index (κ2) is 12.1. The van der Waals surface area contributed by atoms with E-state index in [1.807, 2.05) is 36.4 Å². The molecule has 0 unspecified atom stereocenters. The van der Waals surface area contributed by atoms with Crippen molar-refractivity contribution in [2.75, 3.05) is 40.6 Å². The first-order valence-electron chi connectivity index (χ1n) is 10.4. The van der Waals surface area contributed by atoms with Gasteiger partial charge in [0.15, 0.2) is 11.8 Å². The van der Waals surface area contributed by atoms with Crippen LogP contribution in [-0.4, -0.2) is 62.5 Å². The second-order valence-corrected chi connectivity index (χ2v) is 7.79. The Kier molecular flexibility index (Phi) is 8.91. The number of aliphatic imine (C=N–C) groups is 1. The summed E-state index contributed by atoms with van der Waals surface area (Å²) in [5, 5.41) is 0.554. The van der Waals surface area contributed by atoms with Crippen LogP contribution in [0, 0.1) is 0 Å². The maximum absolute atomic E-state index is 13.1. The van der Waals surface area contributed by atoms with Gasteiger partial charge in [-0.2, -0.15) is 0 Å². The molecule has 1 aliphatic rings. The monoisotopic (exact) mass is 470 g/mol. The van der Waals surface area contributed by atoms with E-state index in [9.17, 15) is 9.59 Å². The predicted molar refractivity (Wildman–Crippen MR) is 128 cm³/mol. The number of carbonyl (C=O) groups excluding carboxylic acids is 2. The van der Waals surface area contributed by atoms with E-state index < -0.39 is 5.97 Å². The summed E-state index contributed by atoms with van der Waals surface area (Å²) in [7, 11) is 3.19. The number of amides is 1. The number of para-hydroxylation sites is 1. The number of methoxy groups -OCH3 is 2. The third-order valence-electron chi connectivity index (χ3n) is 4.56. The molecular formula is C24H26N2O6S. The Labute approximate surface area is 197 Å². The van der Waals surface area contributed by atoms with Crippen molar-refractivity contribution in [3.63, 3.8) is 0 Å². The van der Waals surface area contributed by atoms with E-state index in [-0.39, 0.29) is 19.1 Å². The lowest BCUT2D eigenvalue weighted by Crippen LogP contribution is -2.32. The zero-order valence-corrected chi connectivity index (χ0v) is 19.6. The van der Waals surface area contributed by atoms with Gasteiger partial charge in [-0.3, -0.25) is 9.69 Å². The molecule has 2 aromatic carbocycles. The summed E-state index contributed by atoms with van der Waals surface area (Å²) in [6.45, 7) is 2.56. The molecular weight excluding hydrogens is 444 g/mol. The molecule has 33 heavy (non-hydrogen) atoms. The lowest BCUT2D eigenvalue weighted by Gasteiger charge is -2.14. The number of amidine groups is 1. The number of benzene rings is 2. The Balaban J connectivity index is 1.86. The fourth-order valence-corrected chi connectivity index (χ4v) is 3.97. The van der Waals surface area contributed by atoms with Crippen LogP contribution in [0.2, 0.25) is 0 Å². The number of rotatable bonds is 10. The van der Waals surface area contributed by atoms with Crippen molar-refractivity contribution in [1.82, 2.24) is 4.90 Å². The van der Waals surface area contributed by atoms with E-state index in [2.05, 4.69) is 4.99 Å². The van der Waals surface area contributed by atoms with Crippen molar-refractivity contribution in [1.29, 1.82) is 0 Å². The minimum absolute atomic E-state index is 0.176. The van der Waals surface area contributed by atoms with Crippen LogP contribution in [0.25, 0.3) is 6.08 Å². The van der Waals surface area contributed by atoms with Crippen LogP contribution in [0.5, 0.6) is 11.5 Å². The molecule has 0 aliphatic carbocycles. The van der Waals surface area contributed by atoms with E-state index in [0.717, 1.165) is 5.75 Å². The third-order valence-corrected chi connectivity index (χ3v) is 5.57. The Morgan fingerprint density at radius 1 is 1.12 bits per heavy atom. The highest BCUT2D eigenvalue weighted by atomic mass is 32.2. The molecule has 0 aromatic heterocycles. The van der Waals surface area contributed by atoms with Crippen LogP contribution in [0.4, 0.5) is 5.69 Å². The quantitative estimate of drug-likeness (QED) is 0.385. The van der Waals surface area contributed by atoms with Gasteiger partial charge in [0, 0.05) is 12.7 Å². The third kappa shape index (κ3) is 6.59. The summed E-state index contributed by atoms with van der Waals surface area (Å²) in [4.78, 5) is 31.5. The van der Waals surface area contributed by atoms with E-state index in [4.69, 9.17) is 18.9 Å². The van der Waals surface area contributed by atoms with Crippen LogP contribution in [0.1, 0.15) is 12.5 Å². The Morgan fingerprint density at radius 3 is 2.58 bits per heavy atom. The van der Waals surface area contributed by atoms with Crippen molar-refractivity contribution < 1.29 is 28.5 Å². The molecule has 0 atom stereocenters. The predicted octanol–water partition coefficient (Wildman–Crippen LogP) is 3.89. The molecule has 0 bridgehead atoms. The fourth-order valence-electron chi connectivity index (χ4n) is 2.95. The first kappa shape index (κ1) is 24.3. The molecule has 0 saturated carbocycles. The van der Waals surface area contributed by atoms with E-state index in [1.165, 1.54) is 11.8 Å². The lowest BCUT2D eigenvalue weighted by molar-refractivity contribution is -0.145. The highest BCUT2D eigenvalue weighted by molar-refractivity contribution is 8.18.